The maximum atomic E-state index is 11.3. The molecule has 0 aliphatic carbocycles. The highest BCUT2D eigenvalue weighted by Crippen LogP contribution is 2.07. The second-order valence-electron chi connectivity index (χ2n) is 4.40. The number of carbonyl (C=O) groups excluding carboxylic acids is 1. The van der Waals surface area contributed by atoms with Gasteiger partial charge in [-0.15, -0.1) is 0 Å². The van der Waals surface area contributed by atoms with Gasteiger partial charge in [-0.3, -0.25) is 14.9 Å². The van der Waals surface area contributed by atoms with Gasteiger partial charge in [0.2, 0.25) is 0 Å². The second kappa shape index (κ2) is 5.70. The van der Waals surface area contributed by atoms with Gasteiger partial charge in [0, 0.05) is 12.0 Å². The molecule has 0 aliphatic heterocycles. The molecule has 0 rings (SSSR count). The summed E-state index contributed by atoms with van der Waals surface area (Å²) in [6, 6.07) is -0.564. The lowest BCUT2D eigenvalue weighted by molar-refractivity contribution is -0.144. The van der Waals surface area contributed by atoms with Crippen LogP contribution in [0.5, 0.6) is 0 Å². The number of aliphatic carboxylic acids is 1. The van der Waals surface area contributed by atoms with Gasteiger partial charge in [0.15, 0.2) is 0 Å². The van der Waals surface area contributed by atoms with E-state index >= 15 is 0 Å². The third kappa shape index (κ3) is 6.90. The zero-order chi connectivity index (χ0) is 12.1. The summed E-state index contributed by atoms with van der Waals surface area (Å²) < 4.78 is 4.60. The van der Waals surface area contributed by atoms with Crippen molar-refractivity contribution >= 4 is 11.9 Å². The third-order valence-electron chi connectivity index (χ3n) is 1.74. The summed E-state index contributed by atoms with van der Waals surface area (Å²) >= 11 is 0. The maximum Gasteiger partial charge on any atom is 0.322 e. The van der Waals surface area contributed by atoms with Gasteiger partial charge in [0.05, 0.1) is 7.11 Å². The van der Waals surface area contributed by atoms with Crippen LogP contribution < -0.4 is 5.32 Å². The quantitative estimate of drug-likeness (QED) is 0.665. The standard InChI is InChI=1S/C10H19NO4/c1-10(2,3)11-7(9(14)15-4)5-6-8(12)13/h7,11H,5-6H2,1-4H3,(H,12,13)/t7-/m0/s1. The van der Waals surface area contributed by atoms with E-state index in [0.29, 0.717) is 0 Å². The number of carboxylic acids is 1. The molecule has 0 saturated heterocycles. The molecular weight excluding hydrogens is 198 g/mol. The fourth-order valence-corrected chi connectivity index (χ4v) is 1.18. The number of methoxy groups -OCH3 is 1. The molecule has 2 N–H and O–H groups in total. The van der Waals surface area contributed by atoms with Crippen molar-refractivity contribution in [2.75, 3.05) is 7.11 Å². The Bertz CT molecular complexity index is 232. The minimum absolute atomic E-state index is 0.0527. The van der Waals surface area contributed by atoms with E-state index in [1.807, 2.05) is 20.8 Å². The summed E-state index contributed by atoms with van der Waals surface area (Å²) in [5, 5.41) is 11.6. The van der Waals surface area contributed by atoms with Crippen molar-refractivity contribution in [3.63, 3.8) is 0 Å². The summed E-state index contributed by atoms with van der Waals surface area (Å²) in [5.41, 5.74) is -0.253. The summed E-state index contributed by atoms with van der Waals surface area (Å²) in [5.74, 6) is -1.34. The molecule has 0 saturated carbocycles. The predicted octanol–water partition coefficient (Wildman–Crippen LogP) is 0.781. The number of ether oxygens (including phenoxy) is 1. The molecule has 1 atom stereocenters. The molecule has 0 bridgehead atoms. The van der Waals surface area contributed by atoms with Crippen LogP contribution in [0.4, 0.5) is 0 Å². The lowest BCUT2D eigenvalue weighted by Crippen LogP contribution is -2.48. The summed E-state index contributed by atoms with van der Waals surface area (Å²) in [6.07, 6.45) is 0.183. The molecule has 15 heavy (non-hydrogen) atoms. The van der Waals surface area contributed by atoms with E-state index in [2.05, 4.69) is 10.1 Å². The van der Waals surface area contributed by atoms with E-state index in [1.165, 1.54) is 7.11 Å². The molecule has 88 valence electrons. The van der Waals surface area contributed by atoms with Crippen LogP contribution in [-0.4, -0.2) is 35.7 Å². The Morgan fingerprint density at radius 2 is 1.93 bits per heavy atom. The van der Waals surface area contributed by atoms with Gasteiger partial charge in [-0.25, -0.2) is 0 Å². The van der Waals surface area contributed by atoms with Crippen LogP contribution in [-0.2, 0) is 14.3 Å². The third-order valence-corrected chi connectivity index (χ3v) is 1.74. The Morgan fingerprint density at radius 1 is 1.40 bits per heavy atom. The van der Waals surface area contributed by atoms with Crippen molar-refractivity contribution in [2.24, 2.45) is 0 Å². The molecule has 0 heterocycles. The smallest absolute Gasteiger partial charge is 0.322 e. The second-order valence-corrected chi connectivity index (χ2v) is 4.40. The first-order chi connectivity index (χ1) is 6.76. The highest BCUT2D eigenvalue weighted by atomic mass is 16.5. The first kappa shape index (κ1) is 13.9. The molecule has 0 aromatic rings. The van der Waals surface area contributed by atoms with Crippen LogP contribution in [0.15, 0.2) is 0 Å². The van der Waals surface area contributed by atoms with Crippen LogP contribution in [0.2, 0.25) is 0 Å². The Morgan fingerprint density at radius 3 is 2.27 bits per heavy atom. The normalized spacial score (nSPS) is 13.3. The number of nitrogens with one attached hydrogen (secondary N) is 1. The average molecular weight is 217 g/mol. The van der Waals surface area contributed by atoms with Gasteiger partial charge in [-0.05, 0) is 27.2 Å². The number of esters is 1. The van der Waals surface area contributed by atoms with Crippen molar-refractivity contribution in [1.29, 1.82) is 0 Å². The van der Waals surface area contributed by atoms with E-state index in [9.17, 15) is 9.59 Å². The van der Waals surface area contributed by atoms with E-state index < -0.39 is 18.0 Å². The molecule has 0 fully saturated rings. The van der Waals surface area contributed by atoms with Gasteiger partial charge in [0.1, 0.15) is 6.04 Å². The lowest BCUT2D eigenvalue weighted by Gasteiger charge is -2.26. The van der Waals surface area contributed by atoms with Crippen LogP contribution in [0, 0.1) is 0 Å². The van der Waals surface area contributed by atoms with E-state index in [4.69, 9.17) is 5.11 Å². The van der Waals surface area contributed by atoms with Gasteiger partial charge >= 0.3 is 11.9 Å². The van der Waals surface area contributed by atoms with E-state index in [0.717, 1.165) is 0 Å². The predicted molar refractivity (Wildman–Crippen MR) is 55.6 cm³/mol. The summed E-state index contributed by atoms with van der Waals surface area (Å²) in [4.78, 5) is 21.7. The van der Waals surface area contributed by atoms with Crippen molar-refractivity contribution < 1.29 is 19.4 Å². The van der Waals surface area contributed by atoms with Crippen LogP contribution in [0.1, 0.15) is 33.6 Å². The Balaban J connectivity index is 4.32. The number of rotatable bonds is 5. The zero-order valence-corrected chi connectivity index (χ0v) is 9.66. The monoisotopic (exact) mass is 217 g/mol. The summed E-state index contributed by atoms with van der Waals surface area (Å²) in [7, 11) is 1.29. The maximum absolute atomic E-state index is 11.3. The summed E-state index contributed by atoms with van der Waals surface area (Å²) in [6.45, 7) is 5.72. The van der Waals surface area contributed by atoms with Gasteiger partial charge in [-0.2, -0.15) is 0 Å². The minimum atomic E-state index is -0.917. The van der Waals surface area contributed by atoms with Crippen molar-refractivity contribution in [3.8, 4) is 0 Å². The van der Waals surface area contributed by atoms with Crippen LogP contribution in [0.25, 0.3) is 0 Å². The average Bonchev–Trinajstić information content (AvgIpc) is 2.08. The molecule has 0 aliphatic rings. The Labute approximate surface area is 89.8 Å². The van der Waals surface area contributed by atoms with E-state index in [-0.39, 0.29) is 18.4 Å². The number of hydrogen-bond acceptors (Lipinski definition) is 4. The molecule has 0 amide bonds. The first-order valence-corrected chi connectivity index (χ1v) is 4.83. The highest BCUT2D eigenvalue weighted by molar-refractivity contribution is 5.77. The molecule has 5 nitrogen and oxygen atoms in total. The topological polar surface area (TPSA) is 75.6 Å². The van der Waals surface area contributed by atoms with Crippen molar-refractivity contribution in [3.05, 3.63) is 0 Å². The largest absolute Gasteiger partial charge is 0.481 e. The molecular formula is C10H19NO4. The van der Waals surface area contributed by atoms with Crippen molar-refractivity contribution in [2.45, 2.75) is 45.2 Å². The lowest BCUT2D eigenvalue weighted by atomic mass is 10.0. The molecule has 0 radical (unpaired) electrons. The number of carbonyl (C=O) groups is 2. The first-order valence-electron chi connectivity index (χ1n) is 4.83. The van der Waals surface area contributed by atoms with Crippen LogP contribution >= 0.6 is 0 Å². The molecule has 0 aromatic heterocycles. The minimum Gasteiger partial charge on any atom is -0.481 e. The number of hydrogen-bond donors (Lipinski definition) is 2. The Hall–Kier alpha value is -1.10. The SMILES string of the molecule is COC(=O)[C@H](CCC(=O)O)NC(C)(C)C. The zero-order valence-electron chi connectivity index (χ0n) is 9.66. The highest BCUT2D eigenvalue weighted by Gasteiger charge is 2.24. The molecule has 0 aromatic carbocycles. The van der Waals surface area contributed by atoms with Gasteiger partial charge < -0.3 is 9.84 Å². The number of carboxylic acid groups (broad SMARTS) is 1. The molecule has 0 unspecified atom stereocenters. The Kier molecular flexibility index (Phi) is 5.28. The van der Waals surface area contributed by atoms with Crippen LogP contribution in [0.3, 0.4) is 0 Å². The molecule has 5 heteroatoms. The van der Waals surface area contributed by atoms with E-state index in [1.54, 1.807) is 0 Å². The van der Waals surface area contributed by atoms with Crippen molar-refractivity contribution in [1.82, 2.24) is 5.32 Å². The fraction of sp³-hybridized carbons (Fsp3) is 0.800. The van der Waals surface area contributed by atoms with Gasteiger partial charge in [-0.1, -0.05) is 0 Å². The van der Waals surface area contributed by atoms with Gasteiger partial charge in [0.25, 0.3) is 0 Å². The molecule has 0 spiro atoms. The fourth-order valence-electron chi connectivity index (χ4n) is 1.18.